The van der Waals surface area contributed by atoms with Crippen LogP contribution < -0.4 is 5.32 Å². The maximum atomic E-state index is 12.2. The van der Waals surface area contributed by atoms with E-state index in [4.69, 9.17) is 0 Å². The van der Waals surface area contributed by atoms with E-state index in [0.717, 1.165) is 29.7 Å². The van der Waals surface area contributed by atoms with Crippen molar-refractivity contribution in [1.82, 2.24) is 4.98 Å². The molecule has 0 aliphatic heterocycles. The van der Waals surface area contributed by atoms with Crippen molar-refractivity contribution in [2.45, 2.75) is 19.3 Å². The van der Waals surface area contributed by atoms with Gasteiger partial charge in [-0.2, -0.15) is 0 Å². The van der Waals surface area contributed by atoms with Crippen LogP contribution in [0.25, 0.3) is 0 Å². The highest BCUT2D eigenvalue weighted by Crippen LogP contribution is 2.39. The first-order valence-corrected chi connectivity index (χ1v) is 7.99. The van der Waals surface area contributed by atoms with Crippen molar-refractivity contribution < 1.29 is 14.7 Å². The van der Waals surface area contributed by atoms with Gasteiger partial charge in [0.2, 0.25) is 0 Å². The lowest BCUT2D eigenvalue weighted by molar-refractivity contribution is 0.0697. The number of carboxylic acids is 1. The third kappa shape index (κ3) is 2.71. The number of aromatic carboxylic acids is 1. The molecular weight excluding hydrogens is 356 g/mol. The van der Waals surface area contributed by atoms with Gasteiger partial charge in [-0.3, -0.25) is 4.79 Å². The zero-order valence-corrected chi connectivity index (χ0v) is 13.3. The zero-order chi connectivity index (χ0) is 15.0. The summed E-state index contributed by atoms with van der Waals surface area (Å²) in [5.74, 6) is -1.40. The molecule has 0 fully saturated rings. The van der Waals surface area contributed by atoms with E-state index in [2.05, 4.69) is 26.2 Å². The standard InChI is InChI=1S/C14H11BrN2O3S/c15-10-6-2-4-8(16-10)12(18)17-13-11(14(19)20)7-3-1-5-9(7)21-13/h2,4,6H,1,3,5H2,(H,17,18)(H,19,20). The van der Waals surface area contributed by atoms with Crippen LogP contribution in [0.2, 0.25) is 0 Å². The molecule has 1 aliphatic carbocycles. The molecule has 1 amide bonds. The normalized spacial score (nSPS) is 13.0. The number of nitrogens with one attached hydrogen (secondary N) is 1. The Labute approximate surface area is 133 Å². The number of carbonyl (C=O) groups is 2. The van der Waals surface area contributed by atoms with Gasteiger partial charge >= 0.3 is 5.97 Å². The Morgan fingerprint density at radius 2 is 2.14 bits per heavy atom. The van der Waals surface area contributed by atoms with Gasteiger partial charge in [-0.05, 0) is 52.9 Å². The molecule has 0 bridgehead atoms. The molecule has 0 aromatic carbocycles. The molecule has 0 saturated heterocycles. The number of hydrogen-bond donors (Lipinski definition) is 2. The summed E-state index contributed by atoms with van der Waals surface area (Å²) in [4.78, 5) is 28.8. The van der Waals surface area contributed by atoms with Crippen molar-refractivity contribution in [2.24, 2.45) is 0 Å². The quantitative estimate of drug-likeness (QED) is 0.816. The Morgan fingerprint density at radius 1 is 1.33 bits per heavy atom. The molecule has 1 aliphatic rings. The largest absolute Gasteiger partial charge is 0.478 e. The van der Waals surface area contributed by atoms with Crippen LogP contribution in [-0.2, 0) is 12.8 Å². The molecule has 2 aromatic rings. The molecule has 3 rings (SSSR count). The van der Waals surface area contributed by atoms with E-state index in [1.165, 1.54) is 11.3 Å². The molecule has 5 nitrogen and oxygen atoms in total. The minimum absolute atomic E-state index is 0.232. The molecule has 0 atom stereocenters. The van der Waals surface area contributed by atoms with Crippen molar-refractivity contribution in [3.05, 3.63) is 44.5 Å². The van der Waals surface area contributed by atoms with E-state index < -0.39 is 11.9 Å². The number of fused-ring (bicyclic) bond motifs is 1. The Hall–Kier alpha value is -1.73. The molecule has 108 valence electrons. The molecule has 2 heterocycles. The van der Waals surface area contributed by atoms with Gasteiger partial charge in [-0.1, -0.05) is 6.07 Å². The number of rotatable bonds is 3. The first-order valence-electron chi connectivity index (χ1n) is 6.38. The zero-order valence-electron chi connectivity index (χ0n) is 10.9. The molecule has 2 aromatic heterocycles. The van der Waals surface area contributed by atoms with Gasteiger partial charge in [-0.25, -0.2) is 9.78 Å². The van der Waals surface area contributed by atoms with E-state index in [-0.39, 0.29) is 11.3 Å². The van der Waals surface area contributed by atoms with Crippen LogP contribution in [0.3, 0.4) is 0 Å². The fraction of sp³-hybridized carbons (Fsp3) is 0.214. The van der Waals surface area contributed by atoms with E-state index in [1.54, 1.807) is 18.2 Å². The maximum absolute atomic E-state index is 12.2. The molecule has 0 spiro atoms. The Balaban J connectivity index is 1.92. The molecule has 7 heteroatoms. The third-order valence-electron chi connectivity index (χ3n) is 3.31. The van der Waals surface area contributed by atoms with Gasteiger partial charge in [-0.15, -0.1) is 11.3 Å². The lowest BCUT2D eigenvalue weighted by Crippen LogP contribution is -2.15. The summed E-state index contributed by atoms with van der Waals surface area (Å²) in [7, 11) is 0. The summed E-state index contributed by atoms with van der Waals surface area (Å²) >= 11 is 4.56. The van der Waals surface area contributed by atoms with E-state index in [9.17, 15) is 14.7 Å². The summed E-state index contributed by atoms with van der Waals surface area (Å²) in [6, 6.07) is 5.01. The second-order valence-electron chi connectivity index (χ2n) is 4.67. The van der Waals surface area contributed by atoms with Crippen molar-refractivity contribution in [3.63, 3.8) is 0 Å². The molecule has 2 N–H and O–H groups in total. The summed E-state index contributed by atoms with van der Waals surface area (Å²) in [6.07, 6.45) is 2.62. The highest BCUT2D eigenvalue weighted by Gasteiger charge is 2.27. The first-order chi connectivity index (χ1) is 10.1. The van der Waals surface area contributed by atoms with Crippen LogP contribution in [0.4, 0.5) is 5.00 Å². The summed E-state index contributed by atoms with van der Waals surface area (Å²) in [5, 5.41) is 12.5. The van der Waals surface area contributed by atoms with Crippen LogP contribution in [-0.4, -0.2) is 22.0 Å². The van der Waals surface area contributed by atoms with E-state index >= 15 is 0 Å². The van der Waals surface area contributed by atoms with Gasteiger partial charge in [0.1, 0.15) is 15.3 Å². The van der Waals surface area contributed by atoms with Crippen LogP contribution in [0.5, 0.6) is 0 Å². The fourth-order valence-corrected chi connectivity index (χ4v) is 4.04. The Bertz CT molecular complexity index is 742. The number of carbonyl (C=O) groups excluding carboxylic acids is 1. The van der Waals surface area contributed by atoms with Crippen molar-refractivity contribution in [3.8, 4) is 0 Å². The number of halogens is 1. The molecule has 0 saturated carbocycles. The number of nitrogens with zero attached hydrogens (tertiary/aromatic N) is 1. The van der Waals surface area contributed by atoms with Crippen molar-refractivity contribution in [2.75, 3.05) is 5.32 Å². The lowest BCUT2D eigenvalue weighted by atomic mass is 10.1. The first kappa shape index (κ1) is 14.2. The minimum Gasteiger partial charge on any atom is -0.478 e. The lowest BCUT2D eigenvalue weighted by Gasteiger charge is -2.05. The topological polar surface area (TPSA) is 79.3 Å². The van der Waals surface area contributed by atoms with Crippen LogP contribution in [0.15, 0.2) is 22.8 Å². The summed E-state index contributed by atoms with van der Waals surface area (Å²) in [6.45, 7) is 0. The fourth-order valence-electron chi connectivity index (χ4n) is 2.42. The second kappa shape index (κ2) is 5.57. The van der Waals surface area contributed by atoms with Gasteiger partial charge in [0.15, 0.2) is 0 Å². The number of thiophene rings is 1. The predicted molar refractivity (Wildman–Crippen MR) is 83.2 cm³/mol. The smallest absolute Gasteiger partial charge is 0.339 e. The molecule has 21 heavy (non-hydrogen) atoms. The SMILES string of the molecule is O=C(Nc1sc2c(c1C(=O)O)CCC2)c1cccc(Br)n1. The highest BCUT2D eigenvalue weighted by molar-refractivity contribution is 9.10. The number of aryl methyl sites for hydroxylation is 1. The van der Waals surface area contributed by atoms with E-state index in [0.29, 0.717) is 9.60 Å². The average Bonchev–Trinajstić information content (AvgIpc) is 2.98. The second-order valence-corrected chi connectivity index (χ2v) is 6.58. The number of anilines is 1. The summed E-state index contributed by atoms with van der Waals surface area (Å²) < 4.78 is 0.558. The number of hydrogen-bond acceptors (Lipinski definition) is 4. The van der Waals surface area contributed by atoms with Gasteiger partial charge < -0.3 is 10.4 Å². The average molecular weight is 367 g/mol. The predicted octanol–water partition coefficient (Wildman–Crippen LogP) is 3.34. The molecule has 0 unspecified atom stereocenters. The van der Waals surface area contributed by atoms with Crippen molar-refractivity contribution in [1.29, 1.82) is 0 Å². The molecular formula is C14H11BrN2O3S. The van der Waals surface area contributed by atoms with Crippen LogP contribution in [0, 0.1) is 0 Å². The highest BCUT2D eigenvalue weighted by atomic mass is 79.9. The minimum atomic E-state index is -0.994. The maximum Gasteiger partial charge on any atom is 0.339 e. The summed E-state index contributed by atoms with van der Waals surface area (Å²) in [5.41, 5.74) is 1.34. The van der Waals surface area contributed by atoms with Crippen molar-refractivity contribution >= 4 is 44.1 Å². The Kier molecular flexibility index (Phi) is 3.77. The Morgan fingerprint density at radius 3 is 2.86 bits per heavy atom. The number of aromatic nitrogens is 1. The monoisotopic (exact) mass is 366 g/mol. The van der Waals surface area contributed by atoms with Crippen LogP contribution in [0.1, 0.15) is 37.7 Å². The molecule has 0 radical (unpaired) electrons. The van der Waals surface area contributed by atoms with Gasteiger partial charge in [0.25, 0.3) is 5.91 Å². The van der Waals surface area contributed by atoms with Gasteiger partial charge in [0, 0.05) is 4.88 Å². The number of amides is 1. The van der Waals surface area contributed by atoms with Gasteiger partial charge in [0.05, 0.1) is 5.56 Å². The third-order valence-corrected chi connectivity index (χ3v) is 4.96. The van der Waals surface area contributed by atoms with E-state index in [1.807, 2.05) is 0 Å². The number of pyridine rings is 1. The number of carboxylic acid groups (broad SMARTS) is 1. The van der Waals surface area contributed by atoms with Crippen LogP contribution >= 0.6 is 27.3 Å².